The lowest BCUT2D eigenvalue weighted by atomic mass is 9.34. The van der Waals surface area contributed by atoms with Gasteiger partial charge in [-0.1, -0.05) is 105 Å². The molecule has 0 nitrogen and oxygen atoms in total. The van der Waals surface area contributed by atoms with Crippen molar-refractivity contribution in [2.24, 2.45) is 0 Å². The number of fused-ring (bicyclic) bond motifs is 10. The highest BCUT2D eigenvalue weighted by Crippen LogP contribution is 2.49. The van der Waals surface area contributed by atoms with E-state index in [1.807, 2.05) is 13.0 Å². The number of benzene rings is 8. The predicted molar refractivity (Wildman–Crippen MR) is 210 cm³/mol. The Morgan fingerprint density at radius 3 is 1.33 bits per heavy atom. The molecule has 0 N–H and O–H groups in total. The largest absolute Gasteiger partial charge is 0.416 e. The summed E-state index contributed by atoms with van der Waals surface area (Å²) in [7, 11) is 0. The molecule has 0 unspecified atom stereocenters. The van der Waals surface area contributed by atoms with Crippen molar-refractivity contribution in [3.63, 3.8) is 0 Å². The van der Waals surface area contributed by atoms with Crippen LogP contribution >= 0.6 is 0 Å². The summed E-state index contributed by atoms with van der Waals surface area (Å²) >= 11 is 0. The maximum Gasteiger partial charge on any atom is 0.416 e. The van der Waals surface area contributed by atoms with Crippen molar-refractivity contribution in [3.05, 3.63) is 118 Å². The minimum absolute atomic E-state index is 0.0293. The van der Waals surface area contributed by atoms with Gasteiger partial charge in [-0.15, -0.1) is 0 Å². The molecule has 4 aliphatic heterocycles. The fourth-order valence-electron chi connectivity index (χ4n) is 11.0. The highest BCUT2D eigenvalue weighted by Gasteiger charge is 2.46. The number of alkyl halides is 6. The topological polar surface area (TPSA) is 0 Å². The van der Waals surface area contributed by atoms with Crippen LogP contribution in [-0.2, 0) is 12.4 Å². The molecular weight excluding hydrogens is 688 g/mol. The van der Waals surface area contributed by atoms with E-state index < -0.39 is 30.2 Å². The van der Waals surface area contributed by atoms with Crippen molar-refractivity contribution in [1.29, 1.82) is 0 Å². The fourth-order valence-corrected chi connectivity index (χ4v) is 11.0. The lowest BCUT2D eigenvalue weighted by Gasteiger charge is -2.32. The molecule has 0 atom stereocenters. The number of hydrogen-bond donors (Lipinski definition) is 0. The zero-order chi connectivity index (χ0) is 37.1. The summed E-state index contributed by atoms with van der Waals surface area (Å²) in [5, 5.41) is 6.31. The van der Waals surface area contributed by atoms with Crippen LogP contribution in [0, 0.1) is 27.7 Å². The van der Waals surface area contributed by atoms with Crippen LogP contribution < -0.4 is 32.8 Å². The Morgan fingerprint density at radius 1 is 0.370 bits per heavy atom. The molecule has 0 bridgehead atoms. The molecule has 0 amide bonds. The summed E-state index contributed by atoms with van der Waals surface area (Å²) in [5.74, 6) is 0. The standard InChI is InChI=1S/C46H26B2F6/c1-19-5-7-35-27(9-19)31-10-20(2)11-32-29-12-21(3)25-18-38-40-30(13-22(4)26-17-37(47(35)43(31)32)39(29)41(25)42(26)40)34-16-24(46(52,53)54)15-33-28-14-23(45(49,50)51)6-8-36(28)48(38)44(33)34/h5-18H,1-4H3. The molecule has 4 aliphatic rings. The summed E-state index contributed by atoms with van der Waals surface area (Å²) < 4.78 is 86.3. The Morgan fingerprint density at radius 2 is 0.796 bits per heavy atom. The van der Waals surface area contributed by atoms with E-state index >= 15 is 0 Å². The van der Waals surface area contributed by atoms with E-state index in [4.69, 9.17) is 0 Å². The van der Waals surface area contributed by atoms with Crippen molar-refractivity contribution in [1.82, 2.24) is 0 Å². The lowest BCUT2D eigenvalue weighted by molar-refractivity contribution is -0.138. The SMILES string of the molecule is Cc1ccc2c(c1)-c1cc(C)cc3c1B2c1cc2c(C)cc4c5c(cc6c(C)cc-3c1c6c25)B1c2ccc(C(F)(F)F)cc2-c2cc(C(F)(F)F)cc-4c21. The Kier molecular flexibility index (Phi) is 5.39. The molecular formula is C46H26B2F6. The van der Waals surface area contributed by atoms with Crippen molar-refractivity contribution < 1.29 is 26.3 Å². The van der Waals surface area contributed by atoms with Gasteiger partial charge in [0.05, 0.1) is 11.1 Å². The number of halogens is 6. The molecule has 8 heteroatoms. The van der Waals surface area contributed by atoms with Gasteiger partial charge >= 0.3 is 12.4 Å². The van der Waals surface area contributed by atoms with Gasteiger partial charge in [0.1, 0.15) is 0 Å². The minimum atomic E-state index is -4.69. The van der Waals surface area contributed by atoms with Gasteiger partial charge in [0, 0.05) is 0 Å². The van der Waals surface area contributed by atoms with Crippen LogP contribution in [0.1, 0.15) is 33.4 Å². The molecule has 8 aromatic carbocycles. The van der Waals surface area contributed by atoms with Crippen LogP contribution in [0.2, 0.25) is 0 Å². The Bertz CT molecular complexity index is 3130. The summed E-state index contributed by atoms with van der Waals surface area (Å²) in [4.78, 5) is 0. The second-order valence-electron chi connectivity index (χ2n) is 16.0. The summed E-state index contributed by atoms with van der Waals surface area (Å²) in [6.07, 6.45) is -9.33. The first kappa shape index (κ1) is 30.9. The van der Waals surface area contributed by atoms with E-state index in [2.05, 4.69) is 69.3 Å². The van der Waals surface area contributed by atoms with Crippen molar-refractivity contribution in [2.75, 3.05) is 0 Å². The van der Waals surface area contributed by atoms with Gasteiger partial charge in [0.2, 0.25) is 13.4 Å². The monoisotopic (exact) mass is 714 g/mol. The minimum Gasteiger partial charge on any atom is -0.166 e. The van der Waals surface area contributed by atoms with E-state index in [9.17, 15) is 26.3 Å². The van der Waals surface area contributed by atoms with Crippen molar-refractivity contribution in [2.45, 2.75) is 40.0 Å². The van der Waals surface area contributed by atoms with E-state index in [1.54, 1.807) is 0 Å². The molecule has 12 rings (SSSR count). The second-order valence-corrected chi connectivity index (χ2v) is 16.0. The van der Waals surface area contributed by atoms with Crippen molar-refractivity contribution >= 4 is 78.5 Å². The molecule has 0 aliphatic carbocycles. The third-order valence-electron chi connectivity index (χ3n) is 13.0. The first-order valence-electron chi connectivity index (χ1n) is 18.2. The van der Waals surface area contributed by atoms with Gasteiger partial charge in [0.15, 0.2) is 0 Å². The molecule has 0 saturated carbocycles. The number of hydrogen-bond acceptors (Lipinski definition) is 0. The molecule has 0 aromatic heterocycles. The molecule has 0 radical (unpaired) electrons. The third-order valence-corrected chi connectivity index (χ3v) is 13.0. The molecule has 8 aromatic rings. The van der Waals surface area contributed by atoms with E-state index in [0.29, 0.717) is 22.1 Å². The normalized spacial score (nSPS) is 14.4. The van der Waals surface area contributed by atoms with E-state index in [-0.39, 0.29) is 17.8 Å². The number of aryl methyl sites for hydroxylation is 4. The molecule has 0 spiro atoms. The van der Waals surface area contributed by atoms with E-state index in [0.717, 1.165) is 61.7 Å². The highest BCUT2D eigenvalue weighted by atomic mass is 19.4. The van der Waals surface area contributed by atoms with Crippen LogP contribution in [0.25, 0.3) is 76.8 Å². The maximum absolute atomic E-state index is 14.7. The van der Waals surface area contributed by atoms with Crippen LogP contribution in [0.4, 0.5) is 26.3 Å². The predicted octanol–water partition coefficient (Wildman–Crippen LogP) is 8.81. The third kappa shape index (κ3) is 3.56. The average Bonchev–Trinajstić information content (AvgIpc) is 3.62. The molecule has 4 heterocycles. The van der Waals surface area contributed by atoms with Gasteiger partial charge in [-0.3, -0.25) is 0 Å². The summed E-state index contributed by atoms with van der Waals surface area (Å²) in [5.41, 5.74) is 15.2. The smallest absolute Gasteiger partial charge is 0.166 e. The first-order valence-corrected chi connectivity index (χ1v) is 18.2. The van der Waals surface area contributed by atoms with Gasteiger partial charge < -0.3 is 0 Å². The molecule has 0 saturated heterocycles. The Hall–Kier alpha value is -5.49. The number of rotatable bonds is 0. The van der Waals surface area contributed by atoms with Crippen LogP contribution in [0.15, 0.2) is 84.9 Å². The zero-order valence-electron chi connectivity index (χ0n) is 29.5. The lowest BCUT2D eigenvalue weighted by Crippen LogP contribution is -2.53. The van der Waals surface area contributed by atoms with Crippen LogP contribution in [-0.4, -0.2) is 13.4 Å². The average molecular weight is 714 g/mol. The first-order chi connectivity index (χ1) is 25.7. The van der Waals surface area contributed by atoms with E-state index in [1.165, 1.54) is 67.3 Å². The Balaban J connectivity index is 1.26. The van der Waals surface area contributed by atoms with Gasteiger partial charge in [-0.05, 0) is 139 Å². The molecule has 0 fully saturated rings. The fraction of sp³-hybridized carbons (Fsp3) is 0.130. The van der Waals surface area contributed by atoms with Crippen LogP contribution in [0.5, 0.6) is 0 Å². The van der Waals surface area contributed by atoms with Gasteiger partial charge in [0.25, 0.3) is 0 Å². The van der Waals surface area contributed by atoms with Gasteiger partial charge in [-0.2, -0.15) is 26.3 Å². The maximum atomic E-state index is 14.7. The molecule has 258 valence electrons. The quantitative estimate of drug-likeness (QED) is 0.0838. The zero-order valence-corrected chi connectivity index (χ0v) is 29.5. The second kappa shape index (κ2) is 9.41. The summed E-state index contributed by atoms with van der Waals surface area (Å²) in [6, 6.07) is 26.0. The summed E-state index contributed by atoms with van der Waals surface area (Å²) in [6.45, 7) is 7.94. The van der Waals surface area contributed by atoms with Crippen LogP contribution in [0.3, 0.4) is 0 Å². The van der Waals surface area contributed by atoms with Crippen molar-refractivity contribution in [3.8, 4) is 44.5 Å². The Labute approximate surface area is 306 Å². The highest BCUT2D eigenvalue weighted by molar-refractivity contribution is 7.03. The molecule has 54 heavy (non-hydrogen) atoms. The van der Waals surface area contributed by atoms with Gasteiger partial charge in [-0.25, -0.2) is 0 Å².